The van der Waals surface area contributed by atoms with Gasteiger partial charge in [-0.15, -0.1) is 0 Å². The summed E-state index contributed by atoms with van der Waals surface area (Å²) in [6.45, 7) is 1.77. The highest BCUT2D eigenvalue weighted by Gasteiger charge is 2.43. The molecule has 2 aliphatic heterocycles. The molecule has 2 heterocycles. The van der Waals surface area contributed by atoms with Crippen molar-refractivity contribution in [3.8, 4) is 0 Å². The van der Waals surface area contributed by atoms with Gasteiger partial charge in [0.2, 0.25) is 0 Å². The molecule has 1 spiro atoms. The molecule has 102 valence electrons. The molecular formula is C14H23NO2S. The largest absolute Gasteiger partial charge is 0.375 e. The van der Waals surface area contributed by atoms with Gasteiger partial charge in [0.15, 0.2) is 5.78 Å². The molecule has 3 fully saturated rings. The van der Waals surface area contributed by atoms with Crippen molar-refractivity contribution in [3.05, 3.63) is 0 Å². The van der Waals surface area contributed by atoms with E-state index in [0.717, 1.165) is 37.5 Å². The summed E-state index contributed by atoms with van der Waals surface area (Å²) in [6.07, 6.45) is 6.81. The minimum Gasteiger partial charge on any atom is -0.375 e. The smallest absolute Gasteiger partial charge is 0.153 e. The highest BCUT2D eigenvalue weighted by atomic mass is 32.2. The van der Waals surface area contributed by atoms with Gasteiger partial charge in [-0.3, -0.25) is 4.79 Å². The van der Waals surface area contributed by atoms with Gasteiger partial charge in [0.05, 0.1) is 11.6 Å². The summed E-state index contributed by atoms with van der Waals surface area (Å²) < 4.78 is 6.02. The maximum absolute atomic E-state index is 12.6. The predicted molar refractivity (Wildman–Crippen MR) is 74.0 cm³/mol. The van der Waals surface area contributed by atoms with Crippen LogP contribution in [0.3, 0.4) is 0 Å². The summed E-state index contributed by atoms with van der Waals surface area (Å²) in [5, 5.41) is 3.38. The Balaban J connectivity index is 1.62. The number of hydrogen-bond donors (Lipinski definition) is 1. The predicted octanol–water partition coefficient (Wildman–Crippen LogP) is 2.00. The first-order valence-electron chi connectivity index (χ1n) is 7.28. The Hall–Kier alpha value is -0.0600. The molecule has 0 aromatic heterocycles. The van der Waals surface area contributed by atoms with E-state index in [1.807, 2.05) is 11.8 Å². The zero-order chi connectivity index (χ0) is 12.4. The number of Topliss-reactive ketones (excluding diaryl/α,β-unsaturated/α-hetero) is 1. The Morgan fingerprint density at radius 2 is 2.17 bits per heavy atom. The minimum absolute atomic E-state index is 0.0698. The van der Waals surface area contributed by atoms with Crippen molar-refractivity contribution in [2.24, 2.45) is 5.92 Å². The molecule has 3 rings (SSSR count). The van der Waals surface area contributed by atoms with Crippen LogP contribution in [0.4, 0.5) is 0 Å². The number of ketones is 1. The van der Waals surface area contributed by atoms with Crippen LogP contribution in [-0.4, -0.2) is 42.1 Å². The quantitative estimate of drug-likeness (QED) is 0.832. The van der Waals surface area contributed by atoms with Crippen LogP contribution in [0, 0.1) is 5.92 Å². The molecular weight excluding hydrogens is 246 g/mol. The van der Waals surface area contributed by atoms with Crippen LogP contribution in [0.15, 0.2) is 0 Å². The Morgan fingerprint density at radius 1 is 1.33 bits per heavy atom. The second kappa shape index (κ2) is 5.51. The van der Waals surface area contributed by atoms with E-state index in [1.54, 1.807) is 0 Å². The van der Waals surface area contributed by atoms with Crippen LogP contribution in [-0.2, 0) is 9.53 Å². The van der Waals surface area contributed by atoms with Gasteiger partial charge in [0.25, 0.3) is 0 Å². The third-order valence-corrected chi connectivity index (χ3v) is 5.74. The van der Waals surface area contributed by atoms with E-state index in [1.165, 1.54) is 25.7 Å². The topological polar surface area (TPSA) is 38.3 Å². The summed E-state index contributed by atoms with van der Waals surface area (Å²) >= 11 is 1.90. The highest BCUT2D eigenvalue weighted by molar-refractivity contribution is 7.99. The molecule has 18 heavy (non-hydrogen) atoms. The van der Waals surface area contributed by atoms with Crippen molar-refractivity contribution in [2.45, 2.75) is 50.2 Å². The van der Waals surface area contributed by atoms with Gasteiger partial charge >= 0.3 is 0 Å². The van der Waals surface area contributed by atoms with Gasteiger partial charge < -0.3 is 10.1 Å². The zero-order valence-corrected chi connectivity index (χ0v) is 11.8. The summed E-state index contributed by atoms with van der Waals surface area (Å²) in [5.41, 5.74) is 0.0698. The Morgan fingerprint density at radius 3 is 2.89 bits per heavy atom. The monoisotopic (exact) mass is 269 g/mol. The SMILES string of the molecule is O=C(C1CCOC2(CCCC2)C1)C1CSCCN1. The lowest BCUT2D eigenvalue weighted by Gasteiger charge is -2.39. The first kappa shape index (κ1) is 12.9. The average molecular weight is 269 g/mol. The Kier molecular flexibility index (Phi) is 3.97. The molecule has 4 heteroatoms. The van der Waals surface area contributed by atoms with E-state index in [4.69, 9.17) is 4.74 Å². The molecule has 0 radical (unpaired) electrons. The van der Waals surface area contributed by atoms with Gasteiger partial charge in [0.1, 0.15) is 0 Å². The van der Waals surface area contributed by atoms with E-state index in [0.29, 0.717) is 5.78 Å². The van der Waals surface area contributed by atoms with Crippen LogP contribution < -0.4 is 5.32 Å². The Bertz CT molecular complexity index is 309. The highest BCUT2D eigenvalue weighted by Crippen LogP contribution is 2.42. The fourth-order valence-electron chi connectivity index (χ4n) is 3.67. The molecule has 3 aliphatic rings. The van der Waals surface area contributed by atoms with Crippen molar-refractivity contribution in [3.63, 3.8) is 0 Å². The second-order valence-corrected chi connectivity index (χ2v) is 7.06. The lowest BCUT2D eigenvalue weighted by atomic mass is 9.81. The summed E-state index contributed by atoms with van der Waals surface area (Å²) in [5.74, 6) is 2.80. The molecule has 0 bridgehead atoms. The molecule has 3 nitrogen and oxygen atoms in total. The molecule has 0 aromatic rings. The minimum atomic E-state index is 0.0698. The molecule has 2 atom stereocenters. The lowest BCUT2D eigenvalue weighted by molar-refractivity contribution is -0.137. The lowest BCUT2D eigenvalue weighted by Crippen LogP contribution is -2.49. The van der Waals surface area contributed by atoms with Crippen LogP contribution in [0.5, 0.6) is 0 Å². The Labute approximate surface area is 113 Å². The fraction of sp³-hybridized carbons (Fsp3) is 0.929. The number of carbonyl (C=O) groups excluding carboxylic acids is 1. The molecule has 1 N–H and O–H groups in total. The molecule has 1 aliphatic carbocycles. The first-order valence-corrected chi connectivity index (χ1v) is 8.43. The van der Waals surface area contributed by atoms with Crippen molar-refractivity contribution in [1.29, 1.82) is 0 Å². The zero-order valence-electron chi connectivity index (χ0n) is 11.0. The van der Waals surface area contributed by atoms with Crippen LogP contribution in [0.25, 0.3) is 0 Å². The summed E-state index contributed by atoms with van der Waals surface area (Å²) in [6, 6.07) is 0.102. The number of ether oxygens (including phenoxy) is 1. The van der Waals surface area contributed by atoms with E-state index in [-0.39, 0.29) is 17.6 Å². The van der Waals surface area contributed by atoms with Gasteiger partial charge in [-0.2, -0.15) is 11.8 Å². The number of nitrogens with one attached hydrogen (secondary N) is 1. The van der Waals surface area contributed by atoms with Gasteiger partial charge in [-0.05, 0) is 25.7 Å². The maximum atomic E-state index is 12.6. The molecule has 2 unspecified atom stereocenters. The average Bonchev–Trinajstić information content (AvgIpc) is 2.87. The van der Waals surface area contributed by atoms with E-state index in [2.05, 4.69) is 5.32 Å². The molecule has 1 saturated carbocycles. The van der Waals surface area contributed by atoms with Crippen molar-refractivity contribution >= 4 is 17.5 Å². The van der Waals surface area contributed by atoms with Crippen molar-refractivity contribution in [2.75, 3.05) is 24.7 Å². The standard InChI is InChI=1S/C14H23NO2S/c16-13(12-10-18-8-6-15-12)11-3-7-17-14(9-11)4-1-2-5-14/h11-12,15H,1-10H2. The second-order valence-electron chi connectivity index (χ2n) is 5.91. The van der Waals surface area contributed by atoms with Crippen molar-refractivity contribution in [1.82, 2.24) is 5.32 Å². The first-order chi connectivity index (χ1) is 8.79. The van der Waals surface area contributed by atoms with Crippen LogP contribution in [0.1, 0.15) is 38.5 Å². The fourth-order valence-corrected chi connectivity index (χ4v) is 4.62. The number of thioether (sulfide) groups is 1. The van der Waals surface area contributed by atoms with Crippen LogP contribution in [0.2, 0.25) is 0 Å². The molecule has 2 saturated heterocycles. The third kappa shape index (κ3) is 2.61. The summed E-state index contributed by atoms with van der Waals surface area (Å²) in [4.78, 5) is 12.6. The van der Waals surface area contributed by atoms with Crippen molar-refractivity contribution < 1.29 is 9.53 Å². The van der Waals surface area contributed by atoms with Gasteiger partial charge in [0, 0.05) is 30.6 Å². The van der Waals surface area contributed by atoms with Crippen LogP contribution >= 0.6 is 11.8 Å². The molecule has 0 aromatic carbocycles. The summed E-state index contributed by atoms with van der Waals surface area (Å²) in [7, 11) is 0. The van der Waals surface area contributed by atoms with E-state index in [9.17, 15) is 4.79 Å². The normalized spacial score (nSPS) is 35.8. The van der Waals surface area contributed by atoms with Gasteiger partial charge in [-0.25, -0.2) is 0 Å². The van der Waals surface area contributed by atoms with E-state index < -0.39 is 0 Å². The van der Waals surface area contributed by atoms with E-state index >= 15 is 0 Å². The third-order valence-electron chi connectivity index (χ3n) is 4.68. The van der Waals surface area contributed by atoms with Gasteiger partial charge in [-0.1, -0.05) is 12.8 Å². The molecule has 0 amide bonds. The maximum Gasteiger partial charge on any atom is 0.153 e. The number of hydrogen-bond acceptors (Lipinski definition) is 4. The number of rotatable bonds is 2. The number of carbonyl (C=O) groups is 1.